The van der Waals surface area contributed by atoms with E-state index in [9.17, 15) is 26.4 Å². The average molecular weight is 809 g/mol. The first kappa shape index (κ1) is 61.2. The van der Waals surface area contributed by atoms with Gasteiger partial charge in [0.1, 0.15) is 0 Å². The molecule has 0 amide bonds. The summed E-state index contributed by atoms with van der Waals surface area (Å²) >= 11 is 3.11. The van der Waals surface area contributed by atoms with Crippen molar-refractivity contribution in [1.29, 1.82) is 0 Å². The molecule has 8 nitrogen and oxygen atoms in total. The van der Waals surface area contributed by atoms with E-state index in [2.05, 4.69) is 0 Å². The molecule has 0 aliphatic heterocycles. The largest absolute Gasteiger partial charge is 0.481 e. The first-order valence-corrected chi connectivity index (χ1v) is 23.7. The van der Waals surface area contributed by atoms with Crippen LogP contribution in [0.1, 0.15) is 136 Å². The Kier molecular flexibility index (Phi) is 48.2. The van der Waals surface area contributed by atoms with E-state index in [0.717, 1.165) is 20.2 Å². The van der Waals surface area contributed by atoms with Crippen molar-refractivity contribution >= 4 is 74.5 Å². The zero-order chi connectivity index (χ0) is 42.3. The quantitative estimate of drug-likeness (QED) is 0.179. The van der Waals surface area contributed by atoms with E-state index in [0.29, 0.717) is 22.6 Å². The van der Waals surface area contributed by atoms with Crippen LogP contribution in [0.25, 0.3) is 20.2 Å². The second-order valence-electron chi connectivity index (χ2n) is 8.35. The Morgan fingerprint density at radius 2 is 0.962 bits per heavy atom. The maximum absolute atomic E-state index is 12.0. The summed E-state index contributed by atoms with van der Waals surface area (Å²) in [5.41, 5.74) is 0. The van der Waals surface area contributed by atoms with Crippen LogP contribution in [-0.4, -0.2) is 50.5 Å². The molecule has 0 bridgehead atoms. The highest BCUT2D eigenvalue weighted by Crippen LogP contribution is 2.29. The molecule has 0 unspecified atom stereocenters. The average Bonchev–Trinajstić information content (AvgIpc) is 3.87. The van der Waals surface area contributed by atoms with Crippen molar-refractivity contribution in [2.45, 2.75) is 146 Å². The molecule has 12 heteroatoms. The van der Waals surface area contributed by atoms with Crippen LogP contribution in [0, 0.1) is 0 Å². The summed E-state index contributed by atoms with van der Waals surface area (Å²) in [6.07, 6.45) is 1.76. The molecule has 4 rings (SSSR count). The Morgan fingerprint density at radius 3 is 1.38 bits per heavy atom. The predicted octanol–water partition coefficient (Wildman–Crippen LogP) is 13.3. The number of carbonyl (C=O) groups is 2. The SMILES string of the molecule is CC.CC.CC.CC.CC.CC.CCC(=O)O.CCC(=O)O.CCCS(=O)(=O)c1ccc2sccc2c1.CCCS(=O)(=O)c1cccc2ccsc12. The molecule has 304 valence electrons. The number of fused-ring (bicyclic) bond motifs is 2. The minimum atomic E-state index is -3.10. The van der Waals surface area contributed by atoms with Crippen LogP contribution >= 0.6 is 22.7 Å². The first-order valence-electron chi connectivity index (χ1n) is 18.6. The highest BCUT2D eigenvalue weighted by molar-refractivity contribution is 7.92. The topological polar surface area (TPSA) is 143 Å². The molecule has 2 N–H and O–H groups in total. The van der Waals surface area contributed by atoms with Gasteiger partial charge < -0.3 is 10.2 Å². The summed E-state index contributed by atoms with van der Waals surface area (Å²) < 4.78 is 49.5. The van der Waals surface area contributed by atoms with Crippen molar-refractivity contribution in [2.24, 2.45) is 0 Å². The van der Waals surface area contributed by atoms with E-state index in [-0.39, 0.29) is 24.3 Å². The number of carboxylic acid groups (broad SMARTS) is 2. The van der Waals surface area contributed by atoms with Gasteiger partial charge in [-0.05, 0) is 70.8 Å². The minimum absolute atomic E-state index is 0.222. The molecule has 0 spiro atoms. The van der Waals surface area contributed by atoms with Gasteiger partial charge in [0, 0.05) is 17.5 Å². The fraction of sp³-hybridized carbons (Fsp3) is 0.550. The first-order chi connectivity index (χ1) is 24.8. The van der Waals surface area contributed by atoms with Gasteiger partial charge in [0.15, 0.2) is 19.7 Å². The second-order valence-corrected chi connectivity index (χ2v) is 14.4. The van der Waals surface area contributed by atoms with E-state index >= 15 is 0 Å². The molecule has 4 aromatic rings. The number of sulfone groups is 2. The van der Waals surface area contributed by atoms with Crippen LogP contribution in [0.4, 0.5) is 0 Å². The molecule has 0 radical (unpaired) electrons. The van der Waals surface area contributed by atoms with E-state index in [1.54, 1.807) is 49.4 Å². The van der Waals surface area contributed by atoms with Crippen LogP contribution in [0.2, 0.25) is 0 Å². The molecule has 52 heavy (non-hydrogen) atoms. The lowest BCUT2D eigenvalue weighted by molar-refractivity contribution is -0.137. The molecular formula is C40H72O8S4. The van der Waals surface area contributed by atoms with Gasteiger partial charge in [-0.3, -0.25) is 9.59 Å². The van der Waals surface area contributed by atoms with Crippen LogP contribution in [-0.2, 0) is 29.3 Å². The van der Waals surface area contributed by atoms with Crippen molar-refractivity contribution < 1.29 is 36.6 Å². The molecule has 0 aliphatic rings. The second kappa shape index (κ2) is 41.0. The summed E-state index contributed by atoms with van der Waals surface area (Å²) in [4.78, 5) is 19.7. The number of carboxylic acids is 2. The third kappa shape index (κ3) is 27.8. The third-order valence-electron chi connectivity index (χ3n) is 5.11. The fourth-order valence-corrected chi connectivity index (χ4v) is 8.02. The number of hydrogen-bond donors (Lipinski definition) is 2. The van der Waals surface area contributed by atoms with Gasteiger partial charge in [-0.25, -0.2) is 16.8 Å². The fourth-order valence-electron chi connectivity index (χ4n) is 3.11. The molecule has 0 fully saturated rings. The molecular weight excluding hydrogens is 737 g/mol. The highest BCUT2D eigenvalue weighted by atomic mass is 32.2. The van der Waals surface area contributed by atoms with Gasteiger partial charge in [0.2, 0.25) is 0 Å². The summed E-state index contributed by atoms with van der Waals surface area (Å²) in [6, 6.07) is 14.7. The van der Waals surface area contributed by atoms with Gasteiger partial charge in [0.25, 0.3) is 0 Å². The molecule has 2 aromatic carbocycles. The monoisotopic (exact) mass is 808 g/mol. The molecule has 0 saturated heterocycles. The smallest absolute Gasteiger partial charge is 0.303 e. The molecule has 2 aromatic heterocycles. The summed E-state index contributed by atoms with van der Waals surface area (Å²) in [7, 11) is -6.17. The van der Waals surface area contributed by atoms with Crippen LogP contribution in [0.5, 0.6) is 0 Å². The molecule has 0 aliphatic carbocycles. The zero-order valence-electron chi connectivity index (χ0n) is 35.0. The van der Waals surface area contributed by atoms with Gasteiger partial charge in [0.05, 0.1) is 26.0 Å². The number of hydrogen-bond acceptors (Lipinski definition) is 8. The highest BCUT2D eigenvalue weighted by Gasteiger charge is 2.16. The van der Waals surface area contributed by atoms with Gasteiger partial charge >= 0.3 is 11.9 Å². The Labute approximate surface area is 326 Å². The van der Waals surface area contributed by atoms with Crippen LogP contribution < -0.4 is 0 Å². The normalized spacial score (nSPS) is 9.08. The van der Waals surface area contributed by atoms with Crippen molar-refractivity contribution in [3.05, 3.63) is 59.3 Å². The van der Waals surface area contributed by atoms with E-state index < -0.39 is 31.6 Å². The summed E-state index contributed by atoms with van der Waals surface area (Å²) in [5, 5.41) is 21.4. The standard InChI is InChI=1S/2C11H12O2S2.2C3H6O2.6C2H6/c1-2-7-15(12,13)10-3-4-11-9(8-10)5-6-14-11;1-2-8-15(12,13)10-5-3-4-9-6-7-14-11(9)10;2*1-2-3(4)5;6*1-2/h3-6,8H,2,7H2,1H3;3-7H,2,8H2,1H3;2*2H2,1H3,(H,4,5);6*1-2H3. The van der Waals surface area contributed by atoms with Crippen LogP contribution in [0.3, 0.4) is 0 Å². The lowest BCUT2D eigenvalue weighted by Gasteiger charge is -2.03. The molecule has 0 saturated carbocycles. The molecule has 0 atom stereocenters. The zero-order valence-corrected chi connectivity index (χ0v) is 38.3. The van der Waals surface area contributed by atoms with E-state index in [1.807, 2.05) is 132 Å². The third-order valence-corrected chi connectivity index (χ3v) is 11.0. The van der Waals surface area contributed by atoms with Gasteiger partial charge in [-0.15, -0.1) is 22.7 Å². The number of aliphatic carboxylic acids is 2. The maximum Gasteiger partial charge on any atom is 0.303 e. The van der Waals surface area contributed by atoms with E-state index in [1.165, 1.54) is 11.3 Å². The van der Waals surface area contributed by atoms with Crippen molar-refractivity contribution in [3.8, 4) is 0 Å². The lowest BCUT2D eigenvalue weighted by Crippen LogP contribution is -2.05. The maximum atomic E-state index is 12.0. The Bertz CT molecular complexity index is 1570. The van der Waals surface area contributed by atoms with Crippen molar-refractivity contribution in [2.75, 3.05) is 11.5 Å². The number of thiophene rings is 2. The summed E-state index contributed by atoms with van der Waals surface area (Å²) in [6.45, 7) is 31.0. The predicted molar refractivity (Wildman–Crippen MR) is 232 cm³/mol. The molecule has 2 heterocycles. The van der Waals surface area contributed by atoms with Gasteiger partial charge in [-0.2, -0.15) is 0 Å². The van der Waals surface area contributed by atoms with Crippen molar-refractivity contribution in [3.63, 3.8) is 0 Å². The Hall–Kier alpha value is -2.80. The number of rotatable bonds is 8. The minimum Gasteiger partial charge on any atom is -0.481 e. The van der Waals surface area contributed by atoms with Crippen LogP contribution in [0.15, 0.2) is 69.1 Å². The lowest BCUT2D eigenvalue weighted by atomic mass is 10.3. The summed E-state index contributed by atoms with van der Waals surface area (Å²) in [5.74, 6) is -1.04. The Balaban J connectivity index is -0.000000133. The number of benzene rings is 2. The van der Waals surface area contributed by atoms with Gasteiger partial charge in [-0.1, -0.05) is 123 Å². The van der Waals surface area contributed by atoms with Crippen molar-refractivity contribution in [1.82, 2.24) is 0 Å². The van der Waals surface area contributed by atoms with E-state index in [4.69, 9.17) is 10.2 Å². The Morgan fingerprint density at radius 1 is 0.558 bits per heavy atom.